The average Bonchev–Trinajstić information content (AvgIpc) is 2.51. The highest BCUT2D eigenvalue weighted by molar-refractivity contribution is 9.10. The number of halogens is 2. The summed E-state index contributed by atoms with van der Waals surface area (Å²) in [4.78, 5) is 2.24. The van der Waals surface area contributed by atoms with Gasteiger partial charge in [0.25, 0.3) is 0 Å². The summed E-state index contributed by atoms with van der Waals surface area (Å²) in [6.07, 6.45) is 0. The van der Waals surface area contributed by atoms with Crippen molar-refractivity contribution in [2.24, 2.45) is 0 Å². The molecule has 0 spiro atoms. The quantitative estimate of drug-likeness (QED) is 0.884. The fourth-order valence-electron chi connectivity index (χ4n) is 2.88. The average molecular weight is 349 g/mol. The summed E-state index contributed by atoms with van der Waals surface area (Å²) in [5.74, 6) is -0.215. The molecule has 3 rings (SSSR count). The van der Waals surface area contributed by atoms with E-state index in [1.807, 2.05) is 12.1 Å². The van der Waals surface area contributed by atoms with Crippen molar-refractivity contribution in [1.29, 1.82) is 0 Å². The Morgan fingerprint density at radius 1 is 1.19 bits per heavy atom. The van der Waals surface area contributed by atoms with Crippen LogP contribution in [0.4, 0.5) is 10.1 Å². The molecule has 2 aromatic carbocycles. The van der Waals surface area contributed by atoms with Gasteiger partial charge in [-0.25, -0.2) is 4.39 Å². The molecule has 110 valence electrons. The molecule has 0 saturated carbocycles. The molecule has 0 amide bonds. The standard InChI is InChI=1S/C17H18BrFN2/c1-17(13-5-3-2-4-6-13)12-21(10-9-20-17)14-7-8-15(18)16(19)11-14/h2-8,11,20H,9-10,12H2,1H3. The smallest absolute Gasteiger partial charge is 0.139 e. The van der Waals surface area contributed by atoms with Gasteiger partial charge in [-0.2, -0.15) is 0 Å². The van der Waals surface area contributed by atoms with E-state index in [0.717, 1.165) is 25.3 Å². The first-order valence-electron chi connectivity index (χ1n) is 7.09. The van der Waals surface area contributed by atoms with Crippen LogP contribution in [-0.4, -0.2) is 19.6 Å². The van der Waals surface area contributed by atoms with E-state index in [1.54, 1.807) is 12.1 Å². The molecular weight excluding hydrogens is 331 g/mol. The molecule has 1 heterocycles. The van der Waals surface area contributed by atoms with Gasteiger partial charge in [0.1, 0.15) is 5.82 Å². The van der Waals surface area contributed by atoms with Crippen molar-refractivity contribution in [2.45, 2.75) is 12.5 Å². The van der Waals surface area contributed by atoms with Gasteiger partial charge in [0.2, 0.25) is 0 Å². The molecule has 4 heteroatoms. The number of benzene rings is 2. The monoisotopic (exact) mass is 348 g/mol. The summed E-state index contributed by atoms with van der Waals surface area (Å²) < 4.78 is 14.3. The minimum absolute atomic E-state index is 0.122. The molecular formula is C17H18BrFN2. The summed E-state index contributed by atoms with van der Waals surface area (Å²) in [5.41, 5.74) is 2.06. The van der Waals surface area contributed by atoms with E-state index in [-0.39, 0.29) is 11.4 Å². The van der Waals surface area contributed by atoms with Crippen LogP contribution >= 0.6 is 15.9 Å². The van der Waals surface area contributed by atoms with Crippen molar-refractivity contribution < 1.29 is 4.39 Å². The maximum absolute atomic E-state index is 13.8. The molecule has 1 N–H and O–H groups in total. The normalized spacial score (nSPS) is 22.3. The number of anilines is 1. The molecule has 2 nitrogen and oxygen atoms in total. The third-order valence-electron chi connectivity index (χ3n) is 4.08. The van der Waals surface area contributed by atoms with E-state index in [4.69, 9.17) is 0 Å². The SMILES string of the molecule is CC1(c2ccccc2)CN(c2ccc(Br)c(F)c2)CCN1. The van der Waals surface area contributed by atoms with Gasteiger partial charge in [0.05, 0.1) is 10.0 Å². The van der Waals surface area contributed by atoms with Crippen molar-refractivity contribution in [3.63, 3.8) is 0 Å². The number of hydrogen-bond donors (Lipinski definition) is 1. The lowest BCUT2D eigenvalue weighted by Crippen LogP contribution is -2.56. The Labute approximate surface area is 133 Å². The van der Waals surface area contributed by atoms with Crippen molar-refractivity contribution in [1.82, 2.24) is 5.32 Å². The summed E-state index contributed by atoms with van der Waals surface area (Å²) >= 11 is 3.21. The van der Waals surface area contributed by atoms with E-state index < -0.39 is 0 Å². The highest BCUT2D eigenvalue weighted by Crippen LogP contribution is 2.29. The minimum Gasteiger partial charge on any atom is -0.368 e. The van der Waals surface area contributed by atoms with Gasteiger partial charge in [0, 0.05) is 25.3 Å². The van der Waals surface area contributed by atoms with E-state index in [2.05, 4.69) is 57.3 Å². The predicted molar refractivity (Wildman–Crippen MR) is 88.1 cm³/mol. The lowest BCUT2D eigenvalue weighted by molar-refractivity contribution is 0.332. The van der Waals surface area contributed by atoms with Crippen LogP contribution in [0.1, 0.15) is 12.5 Å². The molecule has 1 aliphatic rings. The minimum atomic E-state index is -0.215. The number of rotatable bonds is 2. The second-order valence-corrected chi connectivity index (χ2v) is 6.50. The largest absolute Gasteiger partial charge is 0.368 e. The maximum atomic E-state index is 13.8. The summed E-state index contributed by atoms with van der Waals surface area (Å²) in [7, 11) is 0. The zero-order chi connectivity index (χ0) is 14.9. The van der Waals surface area contributed by atoms with Gasteiger partial charge < -0.3 is 10.2 Å². The molecule has 1 atom stereocenters. The fraction of sp³-hybridized carbons (Fsp3) is 0.294. The summed E-state index contributed by atoms with van der Waals surface area (Å²) in [5, 5.41) is 3.59. The first-order valence-corrected chi connectivity index (χ1v) is 7.88. The van der Waals surface area contributed by atoms with Crippen molar-refractivity contribution in [3.05, 3.63) is 64.4 Å². The van der Waals surface area contributed by atoms with Gasteiger partial charge in [-0.05, 0) is 46.6 Å². The van der Waals surface area contributed by atoms with Gasteiger partial charge in [-0.15, -0.1) is 0 Å². The van der Waals surface area contributed by atoms with Gasteiger partial charge in [-0.1, -0.05) is 30.3 Å². The van der Waals surface area contributed by atoms with Crippen molar-refractivity contribution in [3.8, 4) is 0 Å². The summed E-state index contributed by atoms with van der Waals surface area (Å²) in [6.45, 7) is 4.77. The van der Waals surface area contributed by atoms with Crippen LogP contribution in [0.2, 0.25) is 0 Å². The predicted octanol–water partition coefficient (Wildman–Crippen LogP) is 3.91. The molecule has 0 aromatic heterocycles. The van der Waals surface area contributed by atoms with Crippen LogP contribution in [0.25, 0.3) is 0 Å². The number of nitrogens with one attached hydrogen (secondary N) is 1. The van der Waals surface area contributed by atoms with Crippen LogP contribution in [0.5, 0.6) is 0 Å². The first kappa shape index (κ1) is 14.5. The number of nitrogens with zero attached hydrogens (tertiary/aromatic N) is 1. The maximum Gasteiger partial charge on any atom is 0.139 e. The van der Waals surface area contributed by atoms with E-state index >= 15 is 0 Å². The zero-order valence-corrected chi connectivity index (χ0v) is 13.5. The van der Waals surface area contributed by atoms with Crippen LogP contribution in [-0.2, 0) is 5.54 Å². The highest BCUT2D eigenvalue weighted by atomic mass is 79.9. The Bertz CT molecular complexity index is 632. The fourth-order valence-corrected chi connectivity index (χ4v) is 3.13. The Balaban J connectivity index is 1.87. The van der Waals surface area contributed by atoms with Crippen molar-refractivity contribution >= 4 is 21.6 Å². The Kier molecular flexibility index (Phi) is 4.00. The van der Waals surface area contributed by atoms with E-state index in [1.165, 1.54) is 5.56 Å². The molecule has 1 aliphatic heterocycles. The van der Waals surface area contributed by atoms with Gasteiger partial charge in [0.15, 0.2) is 0 Å². The second-order valence-electron chi connectivity index (χ2n) is 5.64. The lowest BCUT2D eigenvalue weighted by Gasteiger charge is -2.43. The van der Waals surface area contributed by atoms with Gasteiger partial charge >= 0.3 is 0 Å². The molecule has 1 saturated heterocycles. The Morgan fingerprint density at radius 2 is 1.95 bits per heavy atom. The zero-order valence-electron chi connectivity index (χ0n) is 11.9. The molecule has 1 fully saturated rings. The molecule has 2 aromatic rings. The number of piperazine rings is 1. The molecule has 0 bridgehead atoms. The van der Waals surface area contributed by atoms with Crippen LogP contribution in [0.3, 0.4) is 0 Å². The topological polar surface area (TPSA) is 15.3 Å². The first-order chi connectivity index (χ1) is 10.1. The summed E-state index contributed by atoms with van der Waals surface area (Å²) in [6, 6.07) is 15.7. The third-order valence-corrected chi connectivity index (χ3v) is 4.73. The van der Waals surface area contributed by atoms with E-state index in [0.29, 0.717) is 4.47 Å². The Hall–Kier alpha value is -1.39. The highest BCUT2D eigenvalue weighted by Gasteiger charge is 2.32. The molecule has 1 unspecified atom stereocenters. The molecule has 0 aliphatic carbocycles. The van der Waals surface area contributed by atoms with Crippen LogP contribution < -0.4 is 10.2 Å². The molecule has 21 heavy (non-hydrogen) atoms. The molecule has 0 radical (unpaired) electrons. The lowest BCUT2D eigenvalue weighted by atomic mass is 9.89. The van der Waals surface area contributed by atoms with Gasteiger partial charge in [-0.3, -0.25) is 0 Å². The Morgan fingerprint density at radius 3 is 2.67 bits per heavy atom. The third kappa shape index (κ3) is 2.97. The van der Waals surface area contributed by atoms with Crippen LogP contribution in [0.15, 0.2) is 53.0 Å². The number of hydrogen-bond acceptors (Lipinski definition) is 2. The second kappa shape index (κ2) is 5.78. The van der Waals surface area contributed by atoms with Crippen molar-refractivity contribution in [2.75, 3.05) is 24.5 Å². The van der Waals surface area contributed by atoms with E-state index in [9.17, 15) is 4.39 Å². The van der Waals surface area contributed by atoms with Crippen LogP contribution in [0, 0.1) is 5.82 Å².